The van der Waals surface area contributed by atoms with Gasteiger partial charge in [-0.1, -0.05) is 65.4 Å². The van der Waals surface area contributed by atoms with Gasteiger partial charge in [-0.15, -0.1) is 0 Å². The van der Waals surface area contributed by atoms with E-state index < -0.39 is 77.0 Å². The SMILES string of the molecule is CNC(=O)/C=C/CC[C@H](NC(C)=O)C(=O)N[C@H](C(=O)N1CC(=O)C[C@H]1C(=O)N[C@H](C(=O)N[C@H](C(N)=O)C1CCCCC1)C1CCCCC1)C(C)(C)C.O=C(O)c1cccnc1. The Morgan fingerprint density at radius 3 is 1.98 bits per heavy atom. The summed E-state index contributed by atoms with van der Waals surface area (Å²) in [4.78, 5) is 119. The van der Waals surface area contributed by atoms with E-state index in [0.717, 1.165) is 56.3 Å². The number of likely N-dealkylation sites (N-methyl/N-ethyl adjacent to an activating group) is 1. The Balaban J connectivity index is 0.000000972. The summed E-state index contributed by atoms with van der Waals surface area (Å²) >= 11 is 0. The molecule has 7 amide bonds. The van der Waals surface area contributed by atoms with Gasteiger partial charge in [-0.05, 0) is 74.0 Å². The van der Waals surface area contributed by atoms with Crippen LogP contribution in [-0.4, -0.2) is 112 Å². The van der Waals surface area contributed by atoms with Gasteiger partial charge in [-0.3, -0.25) is 43.3 Å². The molecule has 0 radical (unpaired) electrons. The number of allylic oxidation sites excluding steroid dienone is 1. The second-order valence-electron chi connectivity index (χ2n) is 17.1. The zero-order valence-corrected chi connectivity index (χ0v) is 36.0. The van der Waals surface area contributed by atoms with Crippen LogP contribution in [-0.2, 0) is 38.4 Å². The summed E-state index contributed by atoms with van der Waals surface area (Å²) in [6, 6.07) is -2.24. The Bertz CT molecular complexity index is 1750. The number of aromatic nitrogens is 1. The van der Waals surface area contributed by atoms with Crippen LogP contribution in [0.2, 0.25) is 0 Å². The molecule has 0 bridgehead atoms. The summed E-state index contributed by atoms with van der Waals surface area (Å²) < 4.78 is 0. The highest BCUT2D eigenvalue weighted by Crippen LogP contribution is 2.30. The van der Waals surface area contributed by atoms with E-state index >= 15 is 0 Å². The van der Waals surface area contributed by atoms with Crippen LogP contribution in [0.5, 0.6) is 0 Å². The minimum Gasteiger partial charge on any atom is -0.478 e. The fraction of sp³-hybridized carbons (Fsp3) is 0.628. The third-order valence-electron chi connectivity index (χ3n) is 11.3. The highest BCUT2D eigenvalue weighted by atomic mass is 16.4. The molecule has 1 aromatic rings. The Morgan fingerprint density at radius 2 is 1.49 bits per heavy atom. The molecule has 5 atom stereocenters. The number of carbonyl (C=O) groups is 9. The number of likely N-dealkylation sites (tertiary alicyclic amines) is 1. The van der Waals surface area contributed by atoms with Crippen LogP contribution in [0.4, 0.5) is 0 Å². The maximum absolute atomic E-state index is 14.2. The molecule has 3 fully saturated rings. The van der Waals surface area contributed by atoms with Crippen molar-refractivity contribution in [2.24, 2.45) is 23.0 Å². The number of rotatable bonds is 16. The molecule has 0 spiro atoms. The van der Waals surface area contributed by atoms with E-state index in [4.69, 9.17) is 10.8 Å². The van der Waals surface area contributed by atoms with E-state index in [1.807, 2.05) is 0 Å². The zero-order chi connectivity index (χ0) is 45.3. The number of ketones is 1. The lowest BCUT2D eigenvalue weighted by Crippen LogP contribution is -2.62. The molecule has 1 saturated heterocycles. The predicted octanol–water partition coefficient (Wildman–Crippen LogP) is 1.67. The van der Waals surface area contributed by atoms with Gasteiger partial charge in [-0.25, -0.2) is 4.79 Å². The van der Waals surface area contributed by atoms with Crippen molar-refractivity contribution in [2.45, 2.75) is 141 Å². The van der Waals surface area contributed by atoms with Crippen molar-refractivity contribution in [1.29, 1.82) is 0 Å². The highest BCUT2D eigenvalue weighted by Gasteiger charge is 2.46. The number of hydrogen-bond acceptors (Lipinski definition) is 10. The van der Waals surface area contributed by atoms with Gasteiger partial charge in [-0.2, -0.15) is 0 Å². The second kappa shape index (κ2) is 23.9. The third kappa shape index (κ3) is 15.7. The maximum Gasteiger partial charge on any atom is 0.337 e. The molecule has 18 heteroatoms. The average Bonchev–Trinajstić information content (AvgIpc) is 3.63. The Morgan fingerprint density at radius 1 is 0.885 bits per heavy atom. The lowest BCUT2D eigenvalue weighted by atomic mass is 9.81. The van der Waals surface area contributed by atoms with Crippen LogP contribution in [0.25, 0.3) is 0 Å². The monoisotopic (exact) mass is 852 g/mol. The number of carbonyl (C=O) groups excluding carboxylic acids is 8. The third-order valence-corrected chi connectivity index (χ3v) is 11.3. The number of nitrogens with two attached hydrogens (primary N) is 1. The number of Topliss-reactive ketones (excluding diaryl/α,β-unsaturated/α-hetero) is 1. The quantitative estimate of drug-likeness (QED) is 0.118. The van der Waals surface area contributed by atoms with Gasteiger partial charge in [0.2, 0.25) is 41.4 Å². The maximum atomic E-state index is 14.2. The first-order chi connectivity index (χ1) is 28.8. The van der Waals surface area contributed by atoms with E-state index in [-0.39, 0.29) is 54.9 Å². The molecule has 4 rings (SSSR count). The van der Waals surface area contributed by atoms with Gasteiger partial charge in [0, 0.05) is 32.8 Å². The molecule has 336 valence electrons. The first kappa shape index (κ1) is 49.7. The molecule has 3 aliphatic rings. The topological polar surface area (TPSA) is 276 Å². The van der Waals surface area contributed by atoms with Crippen molar-refractivity contribution in [3.05, 3.63) is 42.2 Å². The van der Waals surface area contributed by atoms with E-state index in [2.05, 4.69) is 31.6 Å². The van der Waals surface area contributed by atoms with E-state index in [1.165, 1.54) is 38.5 Å². The lowest BCUT2D eigenvalue weighted by molar-refractivity contribution is -0.145. The summed E-state index contributed by atoms with van der Waals surface area (Å²) in [5, 5.41) is 21.9. The standard InChI is InChI=1S/C37H59N7O8.C6H5NO2/c1-22(45)40-26(18-12-13-19-28(47)39-5)33(49)43-31(37(2,3)4)36(52)44-21-25(46)20-27(44)34(50)42-30(24-16-10-7-11-17-24)35(51)41-29(32(38)48)23-14-8-6-9-15-23;8-6(9)5-2-1-3-7-4-5/h13,19,23-24,26-27,29-31H,6-12,14-18,20-21H2,1-5H3,(H2,38,48)(H,39,47)(H,40,45)(H,41,51)(H,42,50)(H,43,49);1-4H,(H,8,9)/b19-13+;/t26-,27-,29-,30-,31+;/m0./s1. The van der Waals surface area contributed by atoms with Crippen molar-refractivity contribution >= 4 is 53.1 Å². The van der Waals surface area contributed by atoms with Crippen LogP contribution in [0.15, 0.2) is 36.7 Å². The molecule has 2 aliphatic carbocycles. The van der Waals surface area contributed by atoms with Gasteiger partial charge < -0.3 is 42.3 Å². The number of primary amides is 1. The number of aromatic carboxylic acids is 1. The Kier molecular flexibility index (Phi) is 19.5. The normalized spacial score (nSPS) is 19.3. The molecular weight excluding hydrogens is 789 g/mol. The van der Waals surface area contributed by atoms with Crippen LogP contribution in [0.1, 0.15) is 122 Å². The molecule has 0 aromatic carbocycles. The summed E-state index contributed by atoms with van der Waals surface area (Å²) in [5.41, 5.74) is 5.10. The van der Waals surface area contributed by atoms with Crippen LogP contribution >= 0.6 is 0 Å². The minimum atomic E-state index is -1.23. The van der Waals surface area contributed by atoms with Crippen LogP contribution < -0.4 is 32.3 Å². The number of pyridine rings is 1. The first-order valence-corrected chi connectivity index (χ1v) is 21.1. The van der Waals surface area contributed by atoms with E-state index in [9.17, 15) is 43.2 Å². The molecule has 18 nitrogen and oxygen atoms in total. The molecule has 8 N–H and O–H groups in total. The summed E-state index contributed by atoms with van der Waals surface area (Å²) in [6.07, 6.45) is 14.4. The molecule has 2 heterocycles. The lowest BCUT2D eigenvalue weighted by Gasteiger charge is -2.37. The highest BCUT2D eigenvalue weighted by molar-refractivity contribution is 6.02. The number of hydrogen-bond donors (Lipinski definition) is 7. The minimum absolute atomic E-state index is 0.0905. The Hall–Kier alpha value is -5.68. The molecule has 2 saturated carbocycles. The van der Waals surface area contributed by atoms with Crippen molar-refractivity contribution in [3.8, 4) is 0 Å². The van der Waals surface area contributed by atoms with E-state index in [1.54, 1.807) is 32.9 Å². The average molecular weight is 853 g/mol. The second-order valence-corrected chi connectivity index (χ2v) is 17.1. The summed E-state index contributed by atoms with van der Waals surface area (Å²) in [6.45, 7) is 6.09. The number of carboxylic acids is 1. The first-order valence-electron chi connectivity index (χ1n) is 21.1. The van der Waals surface area contributed by atoms with Gasteiger partial charge >= 0.3 is 5.97 Å². The summed E-state index contributed by atoms with van der Waals surface area (Å²) in [7, 11) is 1.48. The predicted molar refractivity (Wildman–Crippen MR) is 224 cm³/mol. The van der Waals surface area contributed by atoms with Crippen LogP contribution in [0, 0.1) is 17.3 Å². The fourth-order valence-electron chi connectivity index (χ4n) is 8.00. The van der Waals surface area contributed by atoms with Crippen LogP contribution in [0.3, 0.4) is 0 Å². The van der Waals surface area contributed by atoms with Gasteiger partial charge in [0.25, 0.3) is 0 Å². The van der Waals surface area contributed by atoms with Crippen molar-refractivity contribution < 1.29 is 48.3 Å². The zero-order valence-electron chi connectivity index (χ0n) is 36.0. The van der Waals surface area contributed by atoms with E-state index in [0.29, 0.717) is 12.8 Å². The molecule has 0 unspecified atom stereocenters. The van der Waals surface area contributed by atoms with Crippen molar-refractivity contribution in [1.82, 2.24) is 36.5 Å². The number of nitrogens with one attached hydrogen (secondary N) is 5. The largest absolute Gasteiger partial charge is 0.478 e. The van der Waals surface area contributed by atoms with Gasteiger partial charge in [0.05, 0.1) is 12.1 Å². The fourth-order valence-corrected chi connectivity index (χ4v) is 8.00. The summed E-state index contributed by atoms with van der Waals surface area (Å²) in [5.74, 6) is -5.47. The number of carboxylic acid groups (broad SMARTS) is 1. The van der Waals surface area contributed by atoms with Crippen molar-refractivity contribution in [3.63, 3.8) is 0 Å². The smallest absolute Gasteiger partial charge is 0.337 e. The molecule has 1 aromatic heterocycles. The number of nitrogens with zero attached hydrogens (tertiary/aromatic N) is 2. The van der Waals surface area contributed by atoms with Gasteiger partial charge in [0.15, 0.2) is 5.78 Å². The molecule has 1 aliphatic heterocycles. The Labute approximate surface area is 357 Å². The van der Waals surface area contributed by atoms with Crippen molar-refractivity contribution in [2.75, 3.05) is 13.6 Å². The van der Waals surface area contributed by atoms with Gasteiger partial charge in [0.1, 0.15) is 30.2 Å². The molecule has 61 heavy (non-hydrogen) atoms. The number of amides is 7. The molecular formula is C43H64N8O10.